The number of methoxy groups -OCH3 is 1. The van der Waals surface area contributed by atoms with Gasteiger partial charge in [-0.3, -0.25) is 9.59 Å². The van der Waals surface area contributed by atoms with Gasteiger partial charge in [0.25, 0.3) is 0 Å². The van der Waals surface area contributed by atoms with Crippen LogP contribution in [0.3, 0.4) is 0 Å². The molecule has 3 aliphatic rings. The number of rotatable bonds is 5. The summed E-state index contributed by atoms with van der Waals surface area (Å²) >= 11 is 0. The molecule has 4 aromatic rings. The first kappa shape index (κ1) is 25.2. The topological polar surface area (TPSA) is 124 Å². The zero-order valence-electron chi connectivity index (χ0n) is 20.4. The number of aromatic nitrogens is 5. The van der Waals surface area contributed by atoms with E-state index in [0.29, 0.717) is 66.0 Å². The fourth-order valence-corrected chi connectivity index (χ4v) is 5.89. The summed E-state index contributed by atoms with van der Waals surface area (Å²) in [5, 5.41) is 18.2. The Labute approximate surface area is 240 Å². The molecule has 1 saturated carbocycles. The fourth-order valence-electron chi connectivity index (χ4n) is 5.89. The van der Waals surface area contributed by atoms with Gasteiger partial charge in [-0.15, -0.1) is 5.10 Å². The van der Waals surface area contributed by atoms with Crippen LogP contribution in [-0.4, -0.2) is 92.1 Å². The van der Waals surface area contributed by atoms with E-state index in [0.717, 1.165) is 23.7 Å². The number of benzene rings is 2. The molecule has 38 heavy (non-hydrogen) atoms. The van der Waals surface area contributed by atoms with Crippen LogP contribution in [-0.2, 0) is 0 Å². The van der Waals surface area contributed by atoms with Crippen LogP contribution < -0.4 is 14.8 Å². The van der Waals surface area contributed by atoms with Crippen molar-refractivity contribution in [2.75, 3.05) is 20.2 Å². The van der Waals surface area contributed by atoms with Crippen molar-refractivity contribution in [1.82, 2.24) is 30.5 Å². The van der Waals surface area contributed by atoms with Gasteiger partial charge in [-0.25, -0.2) is 5.10 Å². The summed E-state index contributed by atoms with van der Waals surface area (Å²) < 4.78 is 14.5. The third-order valence-corrected chi connectivity index (χ3v) is 7.92. The van der Waals surface area contributed by atoms with Gasteiger partial charge < -0.3 is 19.4 Å². The van der Waals surface area contributed by atoms with Crippen LogP contribution in [0.5, 0.6) is 11.5 Å². The zero-order chi connectivity index (χ0) is 25.1. The second-order valence-corrected chi connectivity index (χ2v) is 10.1. The van der Waals surface area contributed by atoms with Crippen molar-refractivity contribution < 1.29 is 19.1 Å². The number of tetrazole rings is 1. The van der Waals surface area contributed by atoms with Crippen molar-refractivity contribution in [2.45, 2.75) is 37.3 Å². The van der Waals surface area contributed by atoms with Crippen LogP contribution in [0.1, 0.15) is 52.4 Å². The zero-order valence-corrected chi connectivity index (χ0v) is 20.4. The molecular weight excluding hydrogens is 495 g/mol. The summed E-state index contributed by atoms with van der Waals surface area (Å²) in [6, 6.07) is 11.4. The molecule has 2 aromatic heterocycles. The number of nitrogens with zero attached hydrogens (tertiary/aromatic N) is 4. The standard InChI is InChI=1S/C27H26N6O4.Na.H/c1-36-22-14-16(13-20-18(22)6-11-33(20)17-3-4-17)24(34)23-25(35)19-12-15(26-29-31-32-30-26)2-5-21(19)37-27(23)7-9-28-10-8-27;;/h2,5-6,11-14,17,23,28H,3-4,7-10H2,1H3,(H,29,30,31,32);;/t23-;;/m1../s1. The van der Waals surface area contributed by atoms with Gasteiger partial charge >= 0.3 is 29.6 Å². The summed E-state index contributed by atoms with van der Waals surface area (Å²) in [6.45, 7) is 1.34. The molecule has 2 aliphatic heterocycles. The molecule has 2 aromatic carbocycles. The Balaban J connectivity index is 0.00000264. The van der Waals surface area contributed by atoms with Gasteiger partial charge in [0, 0.05) is 41.6 Å². The van der Waals surface area contributed by atoms with Gasteiger partial charge in [-0.05, 0) is 72.8 Å². The summed E-state index contributed by atoms with van der Waals surface area (Å²) in [4.78, 5) is 28.5. The molecule has 1 aliphatic carbocycles. The molecule has 0 unspecified atom stereocenters. The van der Waals surface area contributed by atoms with Crippen molar-refractivity contribution in [1.29, 1.82) is 0 Å². The Morgan fingerprint density at radius 2 is 1.97 bits per heavy atom. The molecule has 11 heteroatoms. The van der Waals surface area contributed by atoms with Gasteiger partial charge in [-0.1, -0.05) is 0 Å². The molecule has 190 valence electrons. The molecule has 2 N–H and O–H groups in total. The number of carbonyl (C=O) groups is 2. The molecular formula is C27H27N6NaO4. The van der Waals surface area contributed by atoms with Crippen molar-refractivity contribution >= 4 is 52.0 Å². The predicted octanol–water partition coefficient (Wildman–Crippen LogP) is 2.71. The van der Waals surface area contributed by atoms with Crippen LogP contribution in [0.4, 0.5) is 0 Å². The van der Waals surface area contributed by atoms with E-state index in [2.05, 4.69) is 36.7 Å². The van der Waals surface area contributed by atoms with E-state index in [9.17, 15) is 9.59 Å². The Morgan fingerprint density at radius 3 is 2.68 bits per heavy atom. The van der Waals surface area contributed by atoms with E-state index >= 15 is 0 Å². The first-order chi connectivity index (χ1) is 18.1. The molecule has 4 heterocycles. The molecule has 1 saturated heterocycles. The van der Waals surface area contributed by atoms with E-state index in [1.807, 2.05) is 18.2 Å². The van der Waals surface area contributed by atoms with Gasteiger partial charge in [0.2, 0.25) is 0 Å². The van der Waals surface area contributed by atoms with Gasteiger partial charge in [0.1, 0.15) is 23.0 Å². The third-order valence-electron chi connectivity index (χ3n) is 7.92. The van der Waals surface area contributed by atoms with Crippen molar-refractivity contribution in [2.24, 2.45) is 5.92 Å². The van der Waals surface area contributed by atoms with E-state index in [1.54, 1.807) is 25.3 Å². The molecule has 7 rings (SSSR count). The minimum atomic E-state index is -0.975. The Bertz CT molecular complexity index is 1540. The maximum absolute atomic E-state index is 14.3. The number of hydrogen-bond acceptors (Lipinski definition) is 8. The molecule has 10 nitrogen and oxygen atoms in total. The van der Waals surface area contributed by atoms with Crippen molar-refractivity contribution in [3.05, 3.63) is 53.7 Å². The summed E-state index contributed by atoms with van der Waals surface area (Å²) in [5.41, 5.74) is 1.52. The third kappa shape index (κ3) is 3.98. The molecule has 1 atom stereocenters. The van der Waals surface area contributed by atoms with Gasteiger partial charge in [-0.2, -0.15) is 0 Å². The minimum absolute atomic E-state index is 0. The molecule has 1 spiro atoms. The van der Waals surface area contributed by atoms with E-state index in [4.69, 9.17) is 9.47 Å². The summed E-state index contributed by atoms with van der Waals surface area (Å²) in [7, 11) is 1.61. The van der Waals surface area contributed by atoms with Gasteiger partial charge in [0.15, 0.2) is 17.4 Å². The summed E-state index contributed by atoms with van der Waals surface area (Å²) in [5.74, 6) is 0.104. The average Bonchev–Trinajstić information content (AvgIpc) is 3.43. The second-order valence-electron chi connectivity index (χ2n) is 10.1. The number of ketones is 2. The number of nitrogens with one attached hydrogen (secondary N) is 2. The number of hydrogen-bond donors (Lipinski definition) is 2. The molecule has 0 amide bonds. The van der Waals surface area contributed by atoms with Crippen LogP contribution in [0.25, 0.3) is 22.3 Å². The van der Waals surface area contributed by atoms with Crippen LogP contribution >= 0.6 is 0 Å². The monoisotopic (exact) mass is 522 g/mol. The number of ether oxygens (including phenoxy) is 2. The number of fused-ring (bicyclic) bond motifs is 2. The first-order valence-electron chi connectivity index (χ1n) is 12.6. The molecule has 2 fully saturated rings. The van der Waals surface area contributed by atoms with Crippen LogP contribution in [0.15, 0.2) is 42.6 Å². The summed E-state index contributed by atoms with van der Waals surface area (Å²) in [6.07, 6.45) is 5.41. The van der Waals surface area contributed by atoms with E-state index < -0.39 is 11.5 Å². The maximum atomic E-state index is 14.3. The number of aromatic amines is 1. The SMILES string of the molecule is COc1cc(C(=O)[C@@H]2C(=O)c3cc(-c4nnn[nH]4)ccc3OC23CCNCC3)cc2c1ccn2C1CC1.[NaH]. The van der Waals surface area contributed by atoms with Crippen LogP contribution in [0.2, 0.25) is 0 Å². The predicted molar refractivity (Wildman–Crippen MR) is 141 cm³/mol. The Morgan fingerprint density at radius 1 is 1.16 bits per heavy atom. The quantitative estimate of drug-likeness (QED) is 0.233. The van der Waals surface area contributed by atoms with E-state index in [-0.39, 0.29) is 41.1 Å². The van der Waals surface area contributed by atoms with E-state index in [1.165, 1.54) is 0 Å². The molecule has 0 radical (unpaired) electrons. The second kappa shape index (κ2) is 9.60. The first-order valence-corrected chi connectivity index (χ1v) is 12.6. The number of carbonyl (C=O) groups excluding carboxylic acids is 2. The molecule has 0 bridgehead atoms. The van der Waals surface area contributed by atoms with Crippen LogP contribution in [0, 0.1) is 5.92 Å². The Kier molecular flexibility index (Phi) is 6.38. The number of piperidine rings is 1. The number of Topliss-reactive ketones (excluding diaryl/α,β-unsaturated/α-hetero) is 2. The van der Waals surface area contributed by atoms with Crippen molar-refractivity contribution in [3.63, 3.8) is 0 Å². The number of H-pyrrole nitrogens is 1. The Hall–Kier alpha value is -3.05. The average molecular weight is 523 g/mol. The van der Waals surface area contributed by atoms with Crippen molar-refractivity contribution in [3.8, 4) is 22.9 Å². The van der Waals surface area contributed by atoms with Gasteiger partial charge in [0.05, 0.1) is 18.2 Å². The normalized spacial score (nSPS) is 20.0. The fraction of sp³-hybridized carbons (Fsp3) is 0.370.